The lowest BCUT2D eigenvalue weighted by Gasteiger charge is -2.17. The summed E-state index contributed by atoms with van der Waals surface area (Å²) in [6.07, 6.45) is 1.78. The Morgan fingerprint density at radius 1 is 1.38 bits per heavy atom. The molecular weight excluding hydrogens is 270 g/mol. The van der Waals surface area contributed by atoms with Crippen molar-refractivity contribution in [1.82, 2.24) is 4.90 Å². The summed E-state index contributed by atoms with van der Waals surface area (Å²) < 4.78 is 0. The third kappa shape index (κ3) is 6.36. The van der Waals surface area contributed by atoms with E-state index in [1.165, 1.54) is 0 Å². The molecule has 0 aliphatic carbocycles. The lowest BCUT2D eigenvalue weighted by Crippen LogP contribution is -2.32. The quantitative estimate of drug-likeness (QED) is 0.706. The number of benzene rings is 1. The van der Waals surface area contributed by atoms with Crippen LogP contribution in [-0.2, 0) is 9.59 Å². The highest BCUT2D eigenvalue weighted by atomic mass is 16.4. The minimum Gasteiger partial charge on any atom is -0.480 e. The van der Waals surface area contributed by atoms with Crippen LogP contribution < -0.4 is 5.32 Å². The van der Waals surface area contributed by atoms with Crippen LogP contribution in [0.25, 0.3) is 0 Å². The highest BCUT2D eigenvalue weighted by Crippen LogP contribution is 2.09. The molecule has 6 heteroatoms. The van der Waals surface area contributed by atoms with Gasteiger partial charge in [-0.1, -0.05) is 6.08 Å². The van der Waals surface area contributed by atoms with Gasteiger partial charge in [-0.2, -0.15) is 5.26 Å². The Balaban J connectivity index is 2.46. The van der Waals surface area contributed by atoms with Crippen LogP contribution in [0.5, 0.6) is 0 Å². The Morgan fingerprint density at radius 2 is 2.05 bits per heavy atom. The van der Waals surface area contributed by atoms with E-state index >= 15 is 0 Å². The molecule has 2 N–H and O–H groups in total. The summed E-state index contributed by atoms with van der Waals surface area (Å²) in [5, 5.41) is 20.1. The molecule has 1 rings (SSSR count). The van der Waals surface area contributed by atoms with Crippen LogP contribution in [0.1, 0.15) is 12.0 Å². The van der Waals surface area contributed by atoms with Gasteiger partial charge in [0.15, 0.2) is 0 Å². The van der Waals surface area contributed by atoms with Crippen LogP contribution in [0.4, 0.5) is 5.69 Å². The number of nitrogens with one attached hydrogen (secondary N) is 1. The van der Waals surface area contributed by atoms with Crippen molar-refractivity contribution in [3.8, 4) is 6.07 Å². The van der Waals surface area contributed by atoms with Gasteiger partial charge in [0.25, 0.3) is 0 Å². The smallest absolute Gasteiger partial charge is 0.317 e. The first-order valence-electron chi connectivity index (χ1n) is 6.40. The Labute approximate surface area is 123 Å². The van der Waals surface area contributed by atoms with Gasteiger partial charge in [0.2, 0.25) is 5.91 Å². The fraction of sp³-hybridized carbons (Fsp3) is 0.267. The predicted molar refractivity (Wildman–Crippen MR) is 78.7 cm³/mol. The molecule has 0 heterocycles. The second-order valence-electron chi connectivity index (χ2n) is 4.40. The summed E-state index contributed by atoms with van der Waals surface area (Å²) in [5.41, 5.74) is 1.12. The van der Waals surface area contributed by atoms with Crippen LogP contribution in [0.2, 0.25) is 0 Å². The topological polar surface area (TPSA) is 93.4 Å². The molecule has 1 amide bonds. The summed E-state index contributed by atoms with van der Waals surface area (Å²) in [4.78, 5) is 24.1. The Morgan fingerprint density at radius 3 is 2.57 bits per heavy atom. The highest BCUT2D eigenvalue weighted by Gasteiger charge is 2.10. The molecule has 0 bridgehead atoms. The third-order valence-corrected chi connectivity index (χ3v) is 2.70. The van der Waals surface area contributed by atoms with Crippen molar-refractivity contribution in [2.24, 2.45) is 0 Å². The van der Waals surface area contributed by atoms with E-state index in [2.05, 4.69) is 11.9 Å². The predicted octanol–water partition coefficient (Wildman–Crippen LogP) is 1.46. The number of aliphatic carboxylic acids is 1. The monoisotopic (exact) mass is 287 g/mol. The van der Waals surface area contributed by atoms with Crippen molar-refractivity contribution < 1.29 is 14.7 Å². The molecule has 1 aromatic rings. The molecule has 0 aromatic heterocycles. The van der Waals surface area contributed by atoms with E-state index < -0.39 is 5.97 Å². The average molecular weight is 287 g/mol. The van der Waals surface area contributed by atoms with E-state index in [9.17, 15) is 9.59 Å². The van der Waals surface area contributed by atoms with E-state index in [4.69, 9.17) is 10.4 Å². The Hall–Kier alpha value is -2.65. The molecule has 0 atom stereocenters. The summed E-state index contributed by atoms with van der Waals surface area (Å²) in [6.45, 7) is 4.18. The molecule has 0 radical (unpaired) electrons. The number of hydrogen-bond donors (Lipinski definition) is 2. The largest absolute Gasteiger partial charge is 0.480 e. The maximum absolute atomic E-state index is 11.8. The third-order valence-electron chi connectivity index (χ3n) is 2.70. The van der Waals surface area contributed by atoms with Crippen molar-refractivity contribution in [3.63, 3.8) is 0 Å². The number of carbonyl (C=O) groups is 2. The van der Waals surface area contributed by atoms with Gasteiger partial charge in [-0.25, -0.2) is 0 Å². The van der Waals surface area contributed by atoms with E-state index in [0.717, 1.165) is 0 Å². The van der Waals surface area contributed by atoms with Gasteiger partial charge in [0.05, 0.1) is 18.2 Å². The van der Waals surface area contributed by atoms with Crippen LogP contribution >= 0.6 is 0 Å². The van der Waals surface area contributed by atoms with Crippen molar-refractivity contribution in [1.29, 1.82) is 5.26 Å². The van der Waals surface area contributed by atoms with Crippen molar-refractivity contribution in [2.45, 2.75) is 6.42 Å². The molecule has 21 heavy (non-hydrogen) atoms. The number of carboxylic acids is 1. The van der Waals surface area contributed by atoms with Crippen LogP contribution in [0.3, 0.4) is 0 Å². The maximum Gasteiger partial charge on any atom is 0.317 e. The van der Waals surface area contributed by atoms with Gasteiger partial charge in [0.1, 0.15) is 0 Å². The first kappa shape index (κ1) is 16.4. The summed E-state index contributed by atoms with van der Waals surface area (Å²) >= 11 is 0. The van der Waals surface area contributed by atoms with E-state index in [1.54, 1.807) is 35.2 Å². The minimum atomic E-state index is -0.940. The van der Waals surface area contributed by atoms with Gasteiger partial charge in [-0.15, -0.1) is 6.58 Å². The lowest BCUT2D eigenvalue weighted by molar-refractivity contribution is -0.138. The van der Waals surface area contributed by atoms with Crippen molar-refractivity contribution in [2.75, 3.05) is 25.0 Å². The number of carboxylic acid groups (broad SMARTS) is 1. The average Bonchev–Trinajstić information content (AvgIpc) is 2.45. The standard InChI is InChI=1S/C15H17N3O3/c1-2-8-18(11-15(20)21)9-7-14(19)17-13-5-3-12(10-16)4-6-13/h2-6H,1,7-9,11H2,(H,17,19)(H,20,21). The molecule has 1 aromatic carbocycles. The zero-order valence-corrected chi connectivity index (χ0v) is 11.6. The Bertz CT molecular complexity index is 546. The first-order valence-corrected chi connectivity index (χ1v) is 6.40. The van der Waals surface area contributed by atoms with Gasteiger partial charge < -0.3 is 10.4 Å². The summed E-state index contributed by atoms with van der Waals surface area (Å²) in [5.74, 6) is -1.15. The first-order chi connectivity index (χ1) is 10.0. The normalized spacial score (nSPS) is 9.90. The fourth-order valence-corrected chi connectivity index (χ4v) is 1.72. The molecule has 0 aliphatic heterocycles. The van der Waals surface area contributed by atoms with Crippen molar-refractivity contribution in [3.05, 3.63) is 42.5 Å². The Kier molecular flexibility index (Phi) is 6.65. The number of anilines is 1. The number of carbonyl (C=O) groups excluding carboxylic acids is 1. The number of nitrogens with zero attached hydrogens (tertiary/aromatic N) is 2. The zero-order valence-electron chi connectivity index (χ0n) is 11.6. The SMILES string of the molecule is C=CCN(CCC(=O)Nc1ccc(C#N)cc1)CC(=O)O. The van der Waals surface area contributed by atoms with Crippen LogP contribution in [-0.4, -0.2) is 41.5 Å². The minimum absolute atomic E-state index is 0.129. The molecule has 0 aliphatic rings. The maximum atomic E-state index is 11.8. The highest BCUT2D eigenvalue weighted by molar-refractivity contribution is 5.90. The van der Waals surface area contributed by atoms with Crippen molar-refractivity contribution >= 4 is 17.6 Å². The molecule has 0 fully saturated rings. The van der Waals surface area contributed by atoms with Gasteiger partial charge in [-0.05, 0) is 24.3 Å². The zero-order chi connectivity index (χ0) is 15.7. The second kappa shape index (κ2) is 8.51. The van der Waals surface area contributed by atoms with Gasteiger partial charge >= 0.3 is 5.97 Å². The molecule has 0 unspecified atom stereocenters. The number of nitriles is 1. The lowest BCUT2D eigenvalue weighted by atomic mass is 10.2. The number of hydrogen-bond acceptors (Lipinski definition) is 4. The number of rotatable bonds is 8. The van der Waals surface area contributed by atoms with Gasteiger partial charge in [0, 0.05) is 25.2 Å². The van der Waals surface area contributed by atoms with Crippen LogP contribution in [0.15, 0.2) is 36.9 Å². The molecule has 6 nitrogen and oxygen atoms in total. The molecule has 0 spiro atoms. The molecular formula is C15H17N3O3. The molecule has 110 valence electrons. The molecule has 0 saturated heterocycles. The summed E-state index contributed by atoms with van der Waals surface area (Å²) in [7, 11) is 0. The second-order valence-corrected chi connectivity index (χ2v) is 4.40. The van der Waals surface area contributed by atoms with E-state index in [-0.39, 0.29) is 18.9 Å². The van der Waals surface area contributed by atoms with Crippen LogP contribution in [0, 0.1) is 11.3 Å². The molecule has 0 saturated carbocycles. The van der Waals surface area contributed by atoms with E-state index in [1.807, 2.05) is 6.07 Å². The fourth-order valence-electron chi connectivity index (χ4n) is 1.72. The van der Waals surface area contributed by atoms with E-state index in [0.29, 0.717) is 24.3 Å². The summed E-state index contributed by atoms with van der Waals surface area (Å²) in [6, 6.07) is 8.52. The number of amides is 1. The van der Waals surface area contributed by atoms with Gasteiger partial charge in [-0.3, -0.25) is 14.5 Å².